The molecule has 4 rings (SSSR count). The van der Waals surface area contributed by atoms with Gasteiger partial charge >= 0.3 is 0 Å². The highest BCUT2D eigenvalue weighted by Gasteiger charge is 2.18. The summed E-state index contributed by atoms with van der Waals surface area (Å²) in [6.07, 6.45) is 2.90. The largest absolute Gasteiger partial charge is 0.376 e. The van der Waals surface area contributed by atoms with Crippen LogP contribution in [0.1, 0.15) is 17.2 Å². The van der Waals surface area contributed by atoms with E-state index >= 15 is 0 Å². The van der Waals surface area contributed by atoms with E-state index in [1.165, 1.54) is 11.1 Å². The van der Waals surface area contributed by atoms with Crippen LogP contribution in [-0.4, -0.2) is 18.1 Å². The van der Waals surface area contributed by atoms with Crippen molar-refractivity contribution in [1.29, 1.82) is 0 Å². The number of rotatable bonds is 2. The zero-order valence-corrected chi connectivity index (χ0v) is 13.5. The average molecular weight is 324 g/mol. The summed E-state index contributed by atoms with van der Waals surface area (Å²) in [6, 6.07) is 16.8. The van der Waals surface area contributed by atoms with E-state index in [2.05, 4.69) is 39.9 Å². The van der Waals surface area contributed by atoms with E-state index in [0.717, 1.165) is 36.1 Å². The van der Waals surface area contributed by atoms with Gasteiger partial charge in [0.1, 0.15) is 0 Å². The van der Waals surface area contributed by atoms with Crippen LogP contribution in [0.4, 0.5) is 5.69 Å². The first-order chi connectivity index (χ1) is 11.3. The molecule has 3 nitrogen and oxygen atoms in total. The van der Waals surface area contributed by atoms with E-state index in [-0.39, 0.29) is 6.04 Å². The van der Waals surface area contributed by atoms with Crippen molar-refractivity contribution in [2.75, 3.05) is 18.4 Å². The number of halogens is 1. The zero-order chi connectivity index (χ0) is 15.6. The Hall–Kier alpha value is -2.10. The Bertz CT molecular complexity index is 847. The number of nitrogens with zero attached hydrogens (tertiary/aromatic N) is 1. The van der Waals surface area contributed by atoms with Gasteiger partial charge in [-0.25, -0.2) is 0 Å². The average Bonchev–Trinajstić information content (AvgIpc) is 2.77. The second-order valence-electron chi connectivity index (χ2n) is 5.87. The number of anilines is 1. The third-order valence-electron chi connectivity index (χ3n) is 4.38. The van der Waals surface area contributed by atoms with Crippen molar-refractivity contribution in [3.8, 4) is 0 Å². The number of fused-ring (bicyclic) bond motifs is 2. The first kappa shape index (κ1) is 14.5. The second-order valence-corrected chi connectivity index (χ2v) is 6.31. The van der Waals surface area contributed by atoms with Crippen molar-refractivity contribution < 1.29 is 0 Å². The van der Waals surface area contributed by atoms with Gasteiger partial charge in [-0.1, -0.05) is 35.9 Å². The molecule has 2 aromatic carbocycles. The molecule has 4 heteroatoms. The summed E-state index contributed by atoms with van der Waals surface area (Å²) < 4.78 is 0. The first-order valence-corrected chi connectivity index (χ1v) is 8.28. The minimum absolute atomic E-state index is 0.245. The normalized spacial score (nSPS) is 17.5. The molecule has 0 spiro atoms. The molecule has 0 saturated carbocycles. The lowest BCUT2D eigenvalue weighted by atomic mass is 9.99. The predicted molar refractivity (Wildman–Crippen MR) is 96.1 cm³/mol. The first-order valence-electron chi connectivity index (χ1n) is 7.90. The van der Waals surface area contributed by atoms with Gasteiger partial charge in [-0.05, 0) is 48.4 Å². The fourth-order valence-corrected chi connectivity index (χ4v) is 3.41. The van der Waals surface area contributed by atoms with Gasteiger partial charge in [0, 0.05) is 28.8 Å². The monoisotopic (exact) mass is 323 g/mol. The second kappa shape index (κ2) is 6.19. The standard InChI is InChI=1S/C19H18ClN3/c20-14-5-6-16-17(8-10-22-18(16)11-14)23-19-12-21-9-7-13-3-1-2-4-15(13)19/h1-6,8,10-11,19,21H,7,9,12H2,(H,22,23). The van der Waals surface area contributed by atoms with E-state index in [1.807, 2.05) is 30.5 Å². The Morgan fingerprint density at radius 1 is 1.13 bits per heavy atom. The van der Waals surface area contributed by atoms with Gasteiger partial charge in [-0.3, -0.25) is 4.98 Å². The highest BCUT2D eigenvalue weighted by atomic mass is 35.5. The minimum Gasteiger partial charge on any atom is -0.376 e. The molecule has 0 radical (unpaired) electrons. The van der Waals surface area contributed by atoms with Crippen molar-refractivity contribution >= 4 is 28.2 Å². The Morgan fingerprint density at radius 2 is 2.04 bits per heavy atom. The summed E-state index contributed by atoms with van der Waals surface area (Å²) in [6.45, 7) is 1.93. The highest BCUT2D eigenvalue weighted by Crippen LogP contribution is 2.29. The summed E-state index contributed by atoms with van der Waals surface area (Å²) in [5.41, 5.74) is 4.79. The predicted octanol–water partition coefficient (Wildman–Crippen LogP) is 4.19. The number of pyridine rings is 1. The number of aromatic nitrogens is 1. The lowest BCUT2D eigenvalue weighted by molar-refractivity contribution is 0.653. The van der Waals surface area contributed by atoms with Gasteiger partial charge in [-0.2, -0.15) is 0 Å². The van der Waals surface area contributed by atoms with Crippen molar-refractivity contribution in [1.82, 2.24) is 10.3 Å². The lowest BCUT2D eigenvalue weighted by Crippen LogP contribution is -2.25. The zero-order valence-electron chi connectivity index (χ0n) is 12.7. The number of hydrogen-bond acceptors (Lipinski definition) is 3. The molecular weight excluding hydrogens is 306 g/mol. The van der Waals surface area contributed by atoms with Crippen LogP contribution < -0.4 is 10.6 Å². The van der Waals surface area contributed by atoms with Crippen LogP contribution in [-0.2, 0) is 6.42 Å². The van der Waals surface area contributed by atoms with Crippen molar-refractivity contribution in [2.24, 2.45) is 0 Å². The van der Waals surface area contributed by atoms with E-state index in [9.17, 15) is 0 Å². The molecule has 2 N–H and O–H groups in total. The van der Waals surface area contributed by atoms with E-state index in [1.54, 1.807) is 0 Å². The van der Waals surface area contributed by atoms with Crippen LogP contribution in [0, 0.1) is 0 Å². The van der Waals surface area contributed by atoms with Crippen molar-refractivity contribution in [2.45, 2.75) is 12.5 Å². The van der Waals surface area contributed by atoms with Gasteiger partial charge in [0.25, 0.3) is 0 Å². The Labute approximate surface area is 140 Å². The molecule has 0 saturated heterocycles. The highest BCUT2D eigenvalue weighted by molar-refractivity contribution is 6.31. The molecule has 1 aliphatic heterocycles. The van der Waals surface area contributed by atoms with Crippen LogP contribution in [0.3, 0.4) is 0 Å². The molecule has 1 unspecified atom stereocenters. The summed E-state index contributed by atoms with van der Waals surface area (Å²) in [5, 5.41) is 9.02. The summed E-state index contributed by atoms with van der Waals surface area (Å²) in [7, 11) is 0. The minimum atomic E-state index is 0.245. The van der Waals surface area contributed by atoms with Gasteiger partial charge in [0.05, 0.1) is 11.6 Å². The smallest absolute Gasteiger partial charge is 0.0737 e. The van der Waals surface area contributed by atoms with Crippen LogP contribution >= 0.6 is 11.6 Å². The molecule has 3 aromatic rings. The maximum Gasteiger partial charge on any atom is 0.0737 e. The van der Waals surface area contributed by atoms with Gasteiger partial charge in [0.2, 0.25) is 0 Å². The molecule has 0 aliphatic carbocycles. The van der Waals surface area contributed by atoms with Gasteiger partial charge in [-0.15, -0.1) is 0 Å². The van der Waals surface area contributed by atoms with Gasteiger partial charge in [0.15, 0.2) is 0 Å². The van der Waals surface area contributed by atoms with Crippen LogP contribution in [0.2, 0.25) is 5.02 Å². The molecule has 0 amide bonds. The summed E-state index contributed by atoms with van der Waals surface area (Å²) in [5.74, 6) is 0. The van der Waals surface area contributed by atoms with E-state index in [4.69, 9.17) is 11.6 Å². The molecule has 116 valence electrons. The molecule has 1 atom stereocenters. The van der Waals surface area contributed by atoms with E-state index in [0.29, 0.717) is 5.02 Å². The number of hydrogen-bond donors (Lipinski definition) is 2. The molecule has 23 heavy (non-hydrogen) atoms. The molecular formula is C19H18ClN3. The van der Waals surface area contributed by atoms with Crippen LogP contribution in [0.25, 0.3) is 10.9 Å². The Balaban J connectivity index is 1.73. The van der Waals surface area contributed by atoms with Gasteiger partial charge < -0.3 is 10.6 Å². The number of benzene rings is 2. The Kier molecular flexibility index (Phi) is 3.90. The third-order valence-corrected chi connectivity index (χ3v) is 4.62. The SMILES string of the molecule is Clc1ccc2c(NC3CNCCc4ccccc43)ccnc2c1. The lowest BCUT2D eigenvalue weighted by Gasteiger charge is -2.21. The van der Waals surface area contributed by atoms with Crippen LogP contribution in [0.15, 0.2) is 54.7 Å². The maximum atomic E-state index is 6.08. The van der Waals surface area contributed by atoms with Crippen LogP contribution in [0.5, 0.6) is 0 Å². The quantitative estimate of drug-likeness (QED) is 0.742. The number of nitrogens with one attached hydrogen (secondary N) is 2. The van der Waals surface area contributed by atoms with Crippen molar-refractivity contribution in [3.63, 3.8) is 0 Å². The molecule has 0 bridgehead atoms. The Morgan fingerprint density at radius 3 is 3.00 bits per heavy atom. The third kappa shape index (κ3) is 2.90. The molecule has 1 aromatic heterocycles. The maximum absolute atomic E-state index is 6.08. The molecule has 1 aliphatic rings. The van der Waals surface area contributed by atoms with Crippen molar-refractivity contribution in [3.05, 3.63) is 70.9 Å². The topological polar surface area (TPSA) is 37.0 Å². The molecule has 2 heterocycles. The molecule has 0 fully saturated rings. The fraction of sp³-hybridized carbons (Fsp3) is 0.211. The van der Waals surface area contributed by atoms with E-state index < -0.39 is 0 Å². The summed E-state index contributed by atoms with van der Waals surface area (Å²) in [4.78, 5) is 4.42. The summed E-state index contributed by atoms with van der Waals surface area (Å²) >= 11 is 6.08. The fourth-order valence-electron chi connectivity index (χ4n) is 3.24.